The molecule has 1 nitrogen and oxygen atoms in total. The zero-order valence-corrected chi connectivity index (χ0v) is 10.2. The summed E-state index contributed by atoms with van der Waals surface area (Å²) in [5.74, 6) is 0.979. The smallest absolute Gasteiger partial charge is 0.133 e. The molecule has 2 heteroatoms. The molecule has 1 unspecified atom stereocenters. The molecule has 0 heterocycles. The number of carbonyl (C=O) groups excluding carboxylic acids is 1. The lowest BCUT2D eigenvalue weighted by molar-refractivity contribution is -0.119. The average molecular weight is 237 g/mol. The standard InChI is InChI=1S/C14H17ClO/c15-13-7-5-11(6-8-13)9-12-3-1-2-4-14(16)10-12/h5-8,12H,1-4,9-10H2. The van der Waals surface area contributed by atoms with E-state index in [1.54, 1.807) is 0 Å². The highest BCUT2D eigenvalue weighted by molar-refractivity contribution is 6.30. The maximum atomic E-state index is 11.5. The molecule has 0 spiro atoms. The number of Topliss-reactive ketones (excluding diaryl/α,β-unsaturated/α-hetero) is 1. The Bertz CT molecular complexity index is 356. The number of halogens is 1. The van der Waals surface area contributed by atoms with Crippen LogP contribution in [-0.4, -0.2) is 5.78 Å². The fraction of sp³-hybridized carbons (Fsp3) is 0.500. The molecule has 1 aliphatic rings. The number of ketones is 1. The first-order valence-corrected chi connectivity index (χ1v) is 6.38. The molecule has 0 amide bonds. The van der Waals surface area contributed by atoms with Gasteiger partial charge in [-0.05, 0) is 42.9 Å². The molecule has 0 bridgehead atoms. The molecule has 0 saturated heterocycles. The topological polar surface area (TPSA) is 17.1 Å². The first kappa shape index (κ1) is 11.7. The van der Waals surface area contributed by atoms with Gasteiger partial charge in [0.15, 0.2) is 0 Å². The zero-order valence-electron chi connectivity index (χ0n) is 9.42. The number of hydrogen-bond acceptors (Lipinski definition) is 1. The van der Waals surface area contributed by atoms with E-state index in [2.05, 4.69) is 12.1 Å². The van der Waals surface area contributed by atoms with E-state index < -0.39 is 0 Å². The zero-order chi connectivity index (χ0) is 11.4. The van der Waals surface area contributed by atoms with Gasteiger partial charge in [-0.2, -0.15) is 0 Å². The van der Waals surface area contributed by atoms with Crippen molar-refractivity contribution in [2.75, 3.05) is 0 Å². The van der Waals surface area contributed by atoms with Crippen LogP contribution in [-0.2, 0) is 11.2 Å². The van der Waals surface area contributed by atoms with Crippen molar-refractivity contribution >= 4 is 17.4 Å². The summed E-state index contributed by atoms with van der Waals surface area (Å²) in [6.07, 6.45) is 6.04. The summed E-state index contributed by atoms with van der Waals surface area (Å²) in [5, 5.41) is 0.778. The molecule has 16 heavy (non-hydrogen) atoms. The van der Waals surface area contributed by atoms with Gasteiger partial charge in [-0.3, -0.25) is 4.79 Å². The lowest BCUT2D eigenvalue weighted by Crippen LogP contribution is -2.08. The third-order valence-corrected chi connectivity index (χ3v) is 3.52. The Morgan fingerprint density at radius 1 is 1.19 bits per heavy atom. The number of hydrogen-bond donors (Lipinski definition) is 0. The molecule has 1 aromatic rings. The normalized spacial score (nSPS) is 21.8. The maximum absolute atomic E-state index is 11.5. The van der Waals surface area contributed by atoms with Crippen molar-refractivity contribution in [2.24, 2.45) is 5.92 Å². The van der Waals surface area contributed by atoms with E-state index in [9.17, 15) is 4.79 Å². The molecule has 0 radical (unpaired) electrons. The van der Waals surface area contributed by atoms with Crippen LogP contribution in [0, 0.1) is 5.92 Å². The van der Waals surface area contributed by atoms with Gasteiger partial charge in [0, 0.05) is 17.9 Å². The Hall–Kier alpha value is -0.820. The molecule has 86 valence electrons. The number of benzene rings is 1. The third kappa shape index (κ3) is 3.34. The highest BCUT2D eigenvalue weighted by Gasteiger charge is 2.17. The minimum absolute atomic E-state index is 0.441. The summed E-state index contributed by atoms with van der Waals surface area (Å²) in [6, 6.07) is 7.99. The van der Waals surface area contributed by atoms with Crippen LogP contribution in [0.15, 0.2) is 24.3 Å². The van der Waals surface area contributed by atoms with Gasteiger partial charge in [0.1, 0.15) is 5.78 Å². The highest BCUT2D eigenvalue weighted by atomic mass is 35.5. The average Bonchev–Trinajstić information content (AvgIpc) is 2.46. The van der Waals surface area contributed by atoms with Crippen LogP contribution in [0.2, 0.25) is 5.02 Å². The molecule has 1 aromatic carbocycles. The second-order valence-corrected chi connectivity index (χ2v) is 5.12. The van der Waals surface area contributed by atoms with Gasteiger partial charge in [0.05, 0.1) is 0 Å². The van der Waals surface area contributed by atoms with Gasteiger partial charge in [-0.15, -0.1) is 0 Å². The Morgan fingerprint density at radius 3 is 2.69 bits per heavy atom. The van der Waals surface area contributed by atoms with Crippen LogP contribution in [0.25, 0.3) is 0 Å². The first-order valence-electron chi connectivity index (χ1n) is 6.00. The van der Waals surface area contributed by atoms with Crippen molar-refractivity contribution in [3.63, 3.8) is 0 Å². The second-order valence-electron chi connectivity index (χ2n) is 4.69. The molecule has 2 rings (SSSR count). The monoisotopic (exact) mass is 236 g/mol. The lowest BCUT2D eigenvalue weighted by atomic mass is 9.92. The van der Waals surface area contributed by atoms with Crippen LogP contribution >= 0.6 is 11.6 Å². The molecule has 0 aliphatic heterocycles. The van der Waals surface area contributed by atoms with Crippen molar-refractivity contribution in [3.8, 4) is 0 Å². The predicted molar refractivity (Wildman–Crippen MR) is 66.7 cm³/mol. The van der Waals surface area contributed by atoms with Crippen molar-refractivity contribution < 1.29 is 4.79 Å². The van der Waals surface area contributed by atoms with Gasteiger partial charge in [0.25, 0.3) is 0 Å². The summed E-state index contributed by atoms with van der Waals surface area (Å²) < 4.78 is 0. The van der Waals surface area contributed by atoms with Crippen LogP contribution < -0.4 is 0 Å². The summed E-state index contributed by atoms with van der Waals surface area (Å²) in [6.45, 7) is 0. The van der Waals surface area contributed by atoms with Crippen LogP contribution in [0.1, 0.15) is 37.7 Å². The fourth-order valence-corrected chi connectivity index (χ4v) is 2.54. The van der Waals surface area contributed by atoms with Gasteiger partial charge in [-0.25, -0.2) is 0 Å². The van der Waals surface area contributed by atoms with E-state index in [0.717, 1.165) is 30.7 Å². The summed E-state index contributed by atoms with van der Waals surface area (Å²) in [7, 11) is 0. The Balaban J connectivity index is 1.97. The summed E-state index contributed by atoms with van der Waals surface area (Å²) in [5.41, 5.74) is 1.30. The second kappa shape index (κ2) is 5.49. The highest BCUT2D eigenvalue weighted by Crippen LogP contribution is 2.24. The van der Waals surface area contributed by atoms with E-state index >= 15 is 0 Å². The Kier molecular flexibility index (Phi) is 4.00. The third-order valence-electron chi connectivity index (χ3n) is 3.27. The first-order chi connectivity index (χ1) is 7.74. The van der Waals surface area contributed by atoms with Crippen molar-refractivity contribution in [2.45, 2.75) is 38.5 Å². The van der Waals surface area contributed by atoms with E-state index in [1.165, 1.54) is 18.4 Å². The molecule has 1 atom stereocenters. The van der Waals surface area contributed by atoms with E-state index in [4.69, 9.17) is 11.6 Å². The Labute approximate surface area is 102 Å². The predicted octanol–water partition coefficient (Wildman–Crippen LogP) is 4.03. The number of rotatable bonds is 2. The molecule has 1 saturated carbocycles. The molecule has 1 aliphatic carbocycles. The molecule has 0 N–H and O–H groups in total. The molecular weight excluding hydrogens is 220 g/mol. The molecule has 1 fully saturated rings. The number of carbonyl (C=O) groups is 1. The van der Waals surface area contributed by atoms with Crippen LogP contribution in [0.5, 0.6) is 0 Å². The van der Waals surface area contributed by atoms with Gasteiger partial charge >= 0.3 is 0 Å². The minimum atomic E-state index is 0.441. The van der Waals surface area contributed by atoms with E-state index in [-0.39, 0.29) is 0 Å². The molecule has 0 aromatic heterocycles. The van der Waals surface area contributed by atoms with E-state index in [0.29, 0.717) is 11.7 Å². The quantitative estimate of drug-likeness (QED) is 0.709. The SMILES string of the molecule is O=C1CCCCC(Cc2ccc(Cl)cc2)C1. The van der Waals surface area contributed by atoms with E-state index in [1.807, 2.05) is 12.1 Å². The van der Waals surface area contributed by atoms with Gasteiger partial charge in [-0.1, -0.05) is 30.2 Å². The van der Waals surface area contributed by atoms with Gasteiger partial charge < -0.3 is 0 Å². The van der Waals surface area contributed by atoms with Gasteiger partial charge in [0.2, 0.25) is 0 Å². The Morgan fingerprint density at radius 2 is 1.94 bits per heavy atom. The van der Waals surface area contributed by atoms with Crippen molar-refractivity contribution in [1.29, 1.82) is 0 Å². The maximum Gasteiger partial charge on any atom is 0.133 e. The largest absolute Gasteiger partial charge is 0.300 e. The van der Waals surface area contributed by atoms with Crippen LogP contribution in [0.4, 0.5) is 0 Å². The summed E-state index contributed by atoms with van der Waals surface area (Å²) in [4.78, 5) is 11.5. The van der Waals surface area contributed by atoms with Crippen LogP contribution in [0.3, 0.4) is 0 Å². The molecular formula is C14H17ClO. The fourth-order valence-electron chi connectivity index (χ4n) is 2.41. The van der Waals surface area contributed by atoms with Crippen molar-refractivity contribution in [1.82, 2.24) is 0 Å². The lowest BCUT2D eigenvalue weighted by Gasteiger charge is -2.13. The van der Waals surface area contributed by atoms with Crippen molar-refractivity contribution in [3.05, 3.63) is 34.9 Å². The summed E-state index contributed by atoms with van der Waals surface area (Å²) >= 11 is 5.85. The minimum Gasteiger partial charge on any atom is -0.300 e.